The van der Waals surface area contributed by atoms with Crippen molar-refractivity contribution in [1.29, 1.82) is 0 Å². The van der Waals surface area contributed by atoms with E-state index in [1.165, 1.54) is 16.7 Å². The third-order valence-electron chi connectivity index (χ3n) is 3.19. The Balaban J connectivity index is 2.65. The summed E-state index contributed by atoms with van der Waals surface area (Å²) in [5.41, 5.74) is 10.1. The van der Waals surface area contributed by atoms with Crippen LogP contribution >= 0.6 is 0 Å². The van der Waals surface area contributed by atoms with Crippen LogP contribution in [-0.4, -0.2) is 25.0 Å². The van der Waals surface area contributed by atoms with Gasteiger partial charge >= 0.3 is 0 Å². The molecule has 0 aliphatic carbocycles. The zero-order valence-corrected chi connectivity index (χ0v) is 11.9. The third-order valence-corrected chi connectivity index (χ3v) is 3.19. The minimum absolute atomic E-state index is 0.188. The summed E-state index contributed by atoms with van der Waals surface area (Å²) in [6.07, 6.45) is 0. The number of aryl methyl sites for hydroxylation is 2. The fourth-order valence-corrected chi connectivity index (χ4v) is 2.17. The molecule has 2 heteroatoms. The van der Waals surface area contributed by atoms with Gasteiger partial charge in [-0.3, -0.25) is 0 Å². The lowest BCUT2D eigenvalue weighted by atomic mass is 9.93. The molecule has 0 spiro atoms. The summed E-state index contributed by atoms with van der Waals surface area (Å²) >= 11 is 0. The SMILES string of the molecule is Cc1ccc(CN(C)CC(C)(C)CN)c(C)c1. The number of benzene rings is 1. The number of nitrogens with two attached hydrogens (primary N) is 1. The van der Waals surface area contributed by atoms with E-state index in [1.807, 2.05) is 0 Å². The molecular formula is C15H26N2. The van der Waals surface area contributed by atoms with E-state index in [-0.39, 0.29) is 5.41 Å². The quantitative estimate of drug-likeness (QED) is 0.849. The van der Waals surface area contributed by atoms with Gasteiger partial charge in [-0.2, -0.15) is 0 Å². The first-order valence-electron chi connectivity index (χ1n) is 6.29. The van der Waals surface area contributed by atoms with Crippen LogP contribution in [0, 0.1) is 19.3 Å². The van der Waals surface area contributed by atoms with E-state index >= 15 is 0 Å². The number of nitrogens with zero attached hydrogens (tertiary/aromatic N) is 1. The molecule has 0 saturated carbocycles. The molecule has 0 aromatic heterocycles. The zero-order valence-electron chi connectivity index (χ0n) is 11.9. The van der Waals surface area contributed by atoms with Crippen LogP contribution in [0.2, 0.25) is 0 Å². The van der Waals surface area contributed by atoms with Crippen molar-refractivity contribution in [3.8, 4) is 0 Å². The average Bonchev–Trinajstić information content (AvgIpc) is 2.21. The molecule has 1 rings (SSSR count). The van der Waals surface area contributed by atoms with Crippen LogP contribution in [0.15, 0.2) is 18.2 Å². The van der Waals surface area contributed by atoms with E-state index in [0.29, 0.717) is 0 Å². The van der Waals surface area contributed by atoms with Gasteiger partial charge in [-0.15, -0.1) is 0 Å². The first-order chi connectivity index (χ1) is 7.84. The van der Waals surface area contributed by atoms with E-state index in [0.717, 1.165) is 19.6 Å². The summed E-state index contributed by atoms with van der Waals surface area (Å²) < 4.78 is 0. The lowest BCUT2D eigenvalue weighted by Gasteiger charge is -2.29. The van der Waals surface area contributed by atoms with Crippen molar-refractivity contribution in [3.63, 3.8) is 0 Å². The highest BCUT2D eigenvalue weighted by Gasteiger charge is 2.18. The maximum atomic E-state index is 5.77. The Morgan fingerprint density at radius 2 is 1.88 bits per heavy atom. The van der Waals surface area contributed by atoms with Gasteiger partial charge in [0.05, 0.1) is 0 Å². The van der Waals surface area contributed by atoms with Gasteiger partial charge in [0.25, 0.3) is 0 Å². The molecule has 0 aliphatic heterocycles. The molecule has 0 amide bonds. The summed E-state index contributed by atoms with van der Waals surface area (Å²) in [5.74, 6) is 0. The highest BCUT2D eigenvalue weighted by Crippen LogP contribution is 2.17. The molecule has 0 unspecified atom stereocenters. The predicted molar refractivity (Wildman–Crippen MR) is 75.1 cm³/mol. The second kappa shape index (κ2) is 5.65. The lowest BCUT2D eigenvalue weighted by Crippen LogP contribution is -2.36. The Morgan fingerprint density at radius 1 is 1.24 bits per heavy atom. The van der Waals surface area contributed by atoms with Crippen molar-refractivity contribution in [1.82, 2.24) is 4.90 Å². The Hall–Kier alpha value is -0.860. The highest BCUT2D eigenvalue weighted by atomic mass is 15.1. The van der Waals surface area contributed by atoms with Crippen molar-refractivity contribution >= 4 is 0 Å². The molecular weight excluding hydrogens is 208 g/mol. The topological polar surface area (TPSA) is 29.3 Å². The normalized spacial score (nSPS) is 12.2. The van der Waals surface area contributed by atoms with Crippen LogP contribution in [0.3, 0.4) is 0 Å². The second-order valence-corrected chi connectivity index (χ2v) is 5.97. The summed E-state index contributed by atoms with van der Waals surface area (Å²) in [6, 6.07) is 6.66. The maximum Gasteiger partial charge on any atom is 0.0233 e. The molecule has 2 N–H and O–H groups in total. The Bertz CT molecular complexity index is 369. The molecule has 1 aromatic carbocycles. The minimum Gasteiger partial charge on any atom is -0.330 e. The zero-order chi connectivity index (χ0) is 13.1. The molecule has 1 aromatic rings. The fourth-order valence-electron chi connectivity index (χ4n) is 2.17. The summed E-state index contributed by atoms with van der Waals surface area (Å²) in [7, 11) is 2.16. The molecule has 0 fully saturated rings. The average molecular weight is 234 g/mol. The molecule has 2 nitrogen and oxygen atoms in total. The largest absolute Gasteiger partial charge is 0.330 e. The van der Waals surface area contributed by atoms with Gasteiger partial charge in [0.2, 0.25) is 0 Å². The van der Waals surface area contributed by atoms with Gasteiger partial charge < -0.3 is 10.6 Å². The summed E-state index contributed by atoms with van der Waals surface area (Å²) in [4.78, 5) is 2.35. The summed E-state index contributed by atoms with van der Waals surface area (Å²) in [5, 5.41) is 0. The maximum absolute atomic E-state index is 5.77. The Labute approximate surface area is 106 Å². The Morgan fingerprint density at radius 3 is 2.41 bits per heavy atom. The van der Waals surface area contributed by atoms with Crippen molar-refractivity contribution in [2.24, 2.45) is 11.1 Å². The van der Waals surface area contributed by atoms with E-state index in [2.05, 4.69) is 57.8 Å². The van der Waals surface area contributed by atoms with Crippen LogP contribution in [0.1, 0.15) is 30.5 Å². The first-order valence-corrected chi connectivity index (χ1v) is 6.29. The molecule has 0 bridgehead atoms. The van der Waals surface area contributed by atoms with Crippen molar-refractivity contribution in [3.05, 3.63) is 34.9 Å². The van der Waals surface area contributed by atoms with Gasteiger partial charge in [-0.25, -0.2) is 0 Å². The van der Waals surface area contributed by atoms with Gasteiger partial charge in [0.15, 0.2) is 0 Å². The minimum atomic E-state index is 0.188. The van der Waals surface area contributed by atoms with Crippen LogP contribution in [0.5, 0.6) is 0 Å². The first kappa shape index (κ1) is 14.2. The molecule has 0 heterocycles. The van der Waals surface area contributed by atoms with Gasteiger partial charge in [0, 0.05) is 13.1 Å². The van der Waals surface area contributed by atoms with Crippen LogP contribution in [0.4, 0.5) is 0 Å². The molecule has 0 atom stereocenters. The van der Waals surface area contributed by atoms with Gasteiger partial charge in [0.1, 0.15) is 0 Å². The second-order valence-electron chi connectivity index (χ2n) is 5.97. The number of rotatable bonds is 5. The standard InChI is InChI=1S/C15H26N2/c1-12-6-7-14(13(2)8-12)9-17(5)11-15(3,4)10-16/h6-8H,9-11,16H2,1-5H3. The van der Waals surface area contributed by atoms with Crippen molar-refractivity contribution in [2.45, 2.75) is 34.2 Å². The number of hydrogen-bond acceptors (Lipinski definition) is 2. The molecule has 0 radical (unpaired) electrons. The van der Waals surface area contributed by atoms with E-state index in [9.17, 15) is 0 Å². The molecule has 17 heavy (non-hydrogen) atoms. The Kier molecular flexibility index (Phi) is 4.72. The van der Waals surface area contributed by atoms with Crippen molar-refractivity contribution < 1.29 is 0 Å². The molecule has 0 saturated heterocycles. The van der Waals surface area contributed by atoms with E-state index in [1.54, 1.807) is 0 Å². The van der Waals surface area contributed by atoms with Crippen LogP contribution < -0.4 is 5.73 Å². The smallest absolute Gasteiger partial charge is 0.0233 e. The number of hydrogen-bond donors (Lipinski definition) is 1. The van der Waals surface area contributed by atoms with Crippen LogP contribution in [0.25, 0.3) is 0 Å². The monoisotopic (exact) mass is 234 g/mol. The van der Waals surface area contributed by atoms with Gasteiger partial charge in [-0.05, 0) is 44.0 Å². The lowest BCUT2D eigenvalue weighted by molar-refractivity contribution is 0.209. The summed E-state index contributed by atoms with van der Waals surface area (Å²) in [6.45, 7) is 11.5. The van der Waals surface area contributed by atoms with Crippen LogP contribution in [-0.2, 0) is 6.54 Å². The molecule has 96 valence electrons. The van der Waals surface area contributed by atoms with E-state index in [4.69, 9.17) is 5.73 Å². The highest BCUT2D eigenvalue weighted by molar-refractivity contribution is 5.30. The van der Waals surface area contributed by atoms with Gasteiger partial charge in [-0.1, -0.05) is 37.6 Å². The predicted octanol–water partition coefficient (Wildman–Crippen LogP) is 2.72. The van der Waals surface area contributed by atoms with Crippen molar-refractivity contribution in [2.75, 3.05) is 20.1 Å². The van der Waals surface area contributed by atoms with E-state index < -0.39 is 0 Å². The third kappa shape index (κ3) is 4.49. The molecule has 0 aliphatic rings. The fraction of sp³-hybridized carbons (Fsp3) is 0.600.